The number of rotatable bonds is 4. The van der Waals surface area contributed by atoms with Crippen LogP contribution >= 0.6 is 22.7 Å². The van der Waals surface area contributed by atoms with Crippen LogP contribution < -0.4 is 0 Å². The number of hydrogen-bond donors (Lipinski definition) is 0. The molecule has 0 saturated carbocycles. The van der Waals surface area contributed by atoms with Crippen LogP contribution in [-0.4, -0.2) is 19.5 Å². The Hall–Kier alpha value is -7.77. The molecule has 0 atom stereocenters. The lowest BCUT2D eigenvalue weighted by Crippen LogP contribution is -2.02. The first-order valence-corrected chi connectivity index (χ1v) is 22.8. The number of fused-ring (bicyclic) bond motifs is 13. The Morgan fingerprint density at radius 1 is 0.317 bits per heavy atom. The number of aromatic nitrogens is 4. The molecule has 0 N–H and O–H groups in total. The van der Waals surface area contributed by atoms with Gasteiger partial charge in [-0.15, -0.1) is 22.7 Å². The molecule has 0 amide bonds. The van der Waals surface area contributed by atoms with Crippen molar-refractivity contribution in [1.29, 1.82) is 0 Å². The predicted octanol–water partition coefficient (Wildman–Crippen LogP) is 16.2. The van der Waals surface area contributed by atoms with E-state index in [2.05, 4.69) is 199 Å². The lowest BCUT2D eigenvalue weighted by atomic mass is 10.0. The number of nitrogens with zero attached hydrogens (tertiary/aromatic N) is 4. The molecular weight excluding hydrogens is 805 g/mol. The molecule has 0 aliphatic carbocycles. The van der Waals surface area contributed by atoms with Crippen LogP contribution in [0.3, 0.4) is 0 Å². The van der Waals surface area contributed by atoms with Crippen LogP contribution in [0.25, 0.3) is 134 Å². The standard InChI is InChI=1S/C57H32N4S2/c1-2-16-36-30-46-44(29-35(36)15-1)52-39-19-6-4-14-34(39)27-28-45(52)61(46)47-31-37(32-51-54(47)42-21-8-10-25-49(42)63-51)55-58-56(40-22-11-17-33-13-3-5-18-38(33)40)60-57(59-55)43-23-12-26-50-53(43)41-20-7-9-24-48(41)62-50/h1-32H. The summed E-state index contributed by atoms with van der Waals surface area (Å²) >= 11 is 3.63. The van der Waals surface area contributed by atoms with Gasteiger partial charge in [-0.25, -0.2) is 15.0 Å². The van der Waals surface area contributed by atoms with Gasteiger partial charge in [-0.1, -0.05) is 146 Å². The van der Waals surface area contributed by atoms with Gasteiger partial charge in [0.25, 0.3) is 0 Å². The Kier molecular flexibility index (Phi) is 7.40. The first-order chi connectivity index (χ1) is 31.2. The fourth-order valence-corrected chi connectivity index (χ4v) is 12.3. The normalized spacial score (nSPS) is 12.1. The van der Waals surface area contributed by atoms with Gasteiger partial charge in [-0.05, 0) is 80.8 Å². The maximum absolute atomic E-state index is 5.48. The minimum absolute atomic E-state index is 0.636. The van der Waals surface area contributed by atoms with E-state index in [1.165, 1.54) is 72.7 Å². The SMILES string of the molecule is c1ccc2cc3c(cc2c1)c1c2ccccc2ccc1n3-c1cc(-c2nc(-c3cccc4ccccc34)nc(-c3cccc4sc5ccccc5c34)n2)cc2sc3ccccc3c12. The minimum Gasteiger partial charge on any atom is -0.308 e. The third-order valence-electron chi connectivity index (χ3n) is 12.8. The lowest BCUT2D eigenvalue weighted by molar-refractivity contribution is 1.08. The molecule has 0 saturated heterocycles. The monoisotopic (exact) mass is 836 g/mol. The Labute approximate surface area is 368 Å². The van der Waals surface area contributed by atoms with Crippen molar-refractivity contribution in [3.05, 3.63) is 194 Å². The van der Waals surface area contributed by atoms with Gasteiger partial charge in [0.05, 0.1) is 16.7 Å². The highest BCUT2D eigenvalue weighted by Gasteiger charge is 2.23. The molecule has 14 rings (SSSR count). The van der Waals surface area contributed by atoms with Crippen molar-refractivity contribution >= 4 is 117 Å². The number of benzene rings is 10. The lowest BCUT2D eigenvalue weighted by Gasteiger charge is -2.15. The van der Waals surface area contributed by atoms with Gasteiger partial charge in [-0.2, -0.15) is 0 Å². The van der Waals surface area contributed by atoms with E-state index in [4.69, 9.17) is 15.0 Å². The first-order valence-electron chi connectivity index (χ1n) is 21.2. The third-order valence-corrected chi connectivity index (χ3v) is 15.0. The van der Waals surface area contributed by atoms with E-state index in [-0.39, 0.29) is 0 Å². The summed E-state index contributed by atoms with van der Waals surface area (Å²) in [6.45, 7) is 0. The van der Waals surface area contributed by atoms with E-state index in [0.29, 0.717) is 17.5 Å². The van der Waals surface area contributed by atoms with Crippen molar-refractivity contribution < 1.29 is 0 Å². The van der Waals surface area contributed by atoms with Crippen molar-refractivity contribution in [2.24, 2.45) is 0 Å². The van der Waals surface area contributed by atoms with E-state index >= 15 is 0 Å². The highest BCUT2D eigenvalue weighted by molar-refractivity contribution is 7.26. The molecule has 0 spiro atoms. The molecule has 63 heavy (non-hydrogen) atoms. The average Bonchev–Trinajstić information content (AvgIpc) is 4.02. The van der Waals surface area contributed by atoms with Gasteiger partial charge < -0.3 is 4.57 Å². The maximum Gasteiger partial charge on any atom is 0.164 e. The van der Waals surface area contributed by atoms with Crippen LogP contribution in [0.4, 0.5) is 0 Å². The van der Waals surface area contributed by atoms with Gasteiger partial charge in [0.1, 0.15) is 0 Å². The van der Waals surface area contributed by atoms with Crippen LogP contribution in [-0.2, 0) is 0 Å². The first kappa shape index (κ1) is 34.9. The zero-order valence-electron chi connectivity index (χ0n) is 33.6. The summed E-state index contributed by atoms with van der Waals surface area (Å²) in [7, 11) is 0. The summed E-state index contributed by atoms with van der Waals surface area (Å²) < 4.78 is 7.38. The third kappa shape index (κ3) is 5.23. The van der Waals surface area contributed by atoms with Gasteiger partial charge in [-0.3, -0.25) is 0 Å². The van der Waals surface area contributed by atoms with Crippen molar-refractivity contribution in [3.8, 4) is 39.9 Å². The maximum atomic E-state index is 5.48. The zero-order valence-corrected chi connectivity index (χ0v) is 35.2. The predicted molar refractivity (Wildman–Crippen MR) is 269 cm³/mol. The summed E-state index contributed by atoms with van der Waals surface area (Å²) in [4.78, 5) is 16.3. The molecule has 4 heterocycles. The van der Waals surface area contributed by atoms with E-state index in [9.17, 15) is 0 Å². The van der Waals surface area contributed by atoms with Crippen LogP contribution in [0.5, 0.6) is 0 Å². The van der Waals surface area contributed by atoms with E-state index < -0.39 is 0 Å². The second-order valence-electron chi connectivity index (χ2n) is 16.3. The van der Waals surface area contributed by atoms with Crippen LogP contribution in [0, 0.1) is 0 Å². The molecule has 0 aliphatic heterocycles. The molecule has 6 heteroatoms. The molecule has 0 radical (unpaired) electrons. The summed E-state index contributed by atoms with van der Waals surface area (Å²) in [5.41, 5.74) is 6.34. The molecule has 292 valence electrons. The Morgan fingerprint density at radius 2 is 0.873 bits per heavy atom. The molecule has 0 fully saturated rings. The second-order valence-corrected chi connectivity index (χ2v) is 18.5. The minimum atomic E-state index is 0.636. The molecular formula is C57H32N4S2. The van der Waals surface area contributed by atoms with Crippen molar-refractivity contribution in [3.63, 3.8) is 0 Å². The molecule has 0 aliphatic rings. The summed E-state index contributed by atoms with van der Waals surface area (Å²) in [5.74, 6) is 1.94. The second kappa shape index (κ2) is 13.4. The van der Waals surface area contributed by atoms with Gasteiger partial charge in [0.15, 0.2) is 17.5 Å². The highest BCUT2D eigenvalue weighted by Crippen LogP contribution is 2.46. The van der Waals surface area contributed by atoms with Crippen LogP contribution in [0.1, 0.15) is 0 Å². The van der Waals surface area contributed by atoms with Gasteiger partial charge in [0.2, 0.25) is 0 Å². The molecule has 0 unspecified atom stereocenters. The van der Waals surface area contributed by atoms with E-state index in [1.807, 2.05) is 22.7 Å². The van der Waals surface area contributed by atoms with Crippen molar-refractivity contribution in [2.45, 2.75) is 0 Å². The topological polar surface area (TPSA) is 43.6 Å². The van der Waals surface area contributed by atoms with E-state index in [1.54, 1.807) is 0 Å². The highest BCUT2D eigenvalue weighted by atomic mass is 32.1. The summed E-state index contributed by atoms with van der Waals surface area (Å²) in [6, 6.07) is 70.3. The average molecular weight is 837 g/mol. The number of hydrogen-bond acceptors (Lipinski definition) is 5. The summed E-state index contributed by atoms with van der Waals surface area (Å²) in [5, 5.41) is 14.5. The fraction of sp³-hybridized carbons (Fsp3) is 0. The smallest absolute Gasteiger partial charge is 0.164 e. The molecule has 10 aromatic carbocycles. The van der Waals surface area contributed by atoms with Crippen LogP contribution in [0.2, 0.25) is 0 Å². The van der Waals surface area contributed by atoms with Gasteiger partial charge >= 0.3 is 0 Å². The largest absolute Gasteiger partial charge is 0.308 e. The van der Waals surface area contributed by atoms with Gasteiger partial charge in [0, 0.05) is 67.8 Å². The Bertz CT molecular complexity index is 4230. The molecule has 4 aromatic heterocycles. The summed E-state index contributed by atoms with van der Waals surface area (Å²) in [6.07, 6.45) is 0. The Balaban J connectivity index is 1.11. The number of thiophene rings is 2. The molecule has 14 aromatic rings. The quantitative estimate of drug-likeness (QED) is 0.177. The van der Waals surface area contributed by atoms with Crippen molar-refractivity contribution in [2.75, 3.05) is 0 Å². The van der Waals surface area contributed by atoms with Crippen LogP contribution in [0.15, 0.2) is 194 Å². The van der Waals surface area contributed by atoms with Crippen molar-refractivity contribution in [1.82, 2.24) is 19.5 Å². The molecule has 4 nitrogen and oxygen atoms in total. The zero-order chi connectivity index (χ0) is 41.2. The van der Waals surface area contributed by atoms with E-state index in [0.717, 1.165) is 44.2 Å². The fourth-order valence-electron chi connectivity index (χ4n) is 10.00. The Morgan fingerprint density at radius 3 is 1.67 bits per heavy atom. The molecule has 0 bridgehead atoms.